The monoisotopic (exact) mass is 273 g/mol. The lowest BCUT2D eigenvalue weighted by atomic mass is 10.0. The Morgan fingerprint density at radius 1 is 0.684 bits per heavy atom. The molecule has 19 heavy (non-hydrogen) atoms. The van der Waals surface area contributed by atoms with Crippen molar-refractivity contribution in [2.45, 2.75) is 103 Å². The van der Waals surface area contributed by atoms with Crippen molar-refractivity contribution in [2.75, 3.05) is 0 Å². The zero-order chi connectivity index (χ0) is 14.3. The van der Waals surface area contributed by atoms with Crippen molar-refractivity contribution in [3.63, 3.8) is 0 Å². The first-order valence-electron chi connectivity index (χ1n) is 8.30. The SMILES string of the molecule is CCCCCCCCCCCCCCC(N)C(O)O. The van der Waals surface area contributed by atoms with Crippen LogP contribution in [0.2, 0.25) is 0 Å². The fraction of sp³-hybridized carbons (Fsp3) is 1.00. The number of hydrogen-bond acceptors (Lipinski definition) is 3. The molecule has 0 aliphatic carbocycles. The highest BCUT2D eigenvalue weighted by Crippen LogP contribution is 2.12. The van der Waals surface area contributed by atoms with E-state index in [1.807, 2.05) is 0 Å². The first kappa shape index (κ1) is 18.9. The number of rotatable bonds is 14. The molecule has 0 aliphatic heterocycles. The molecule has 3 heteroatoms. The van der Waals surface area contributed by atoms with E-state index >= 15 is 0 Å². The van der Waals surface area contributed by atoms with E-state index in [0.29, 0.717) is 0 Å². The summed E-state index contributed by atoms with van der Waals surface area (Å²) in [6.45, 7) is 2.26. The van der Waals surface area contributed by atoms with Crippen LogP contribution in [0.4, 0.5) is 0 Å². The van der Waals surface area contributed by atoms with E-state index in [0.717, 1.165) is 19.3 Å². The van der Waals surface area contributed by atoms with Gasteiger partial charge in [-0.1, -0.05) is 84.0 Å². The third kappa shape index (κ3) is 14.1. The van der Waals surface area contributed by atoms with Crippen molar-refractivity contribution < 1.29 is 10.2 Å². The fourth-order valence-corrected chi connectivity index (χ4v) is 2.37. The number of aliphatic hydroxyl groups is 2. The number of aliphatic hydroxyl groups excluding tert-OH is 1. The summed E-state index contributed by atoms with van der Waals surface area (Å²) in [5.74, 6) is 0. The molecule has 0 aromatic heterocycles. The quantitative estimate of drug-likeness (QED) is 0.334. The third-order valence-electron chi connectivity index (χ3n) is 3.77. The highest BCUT2D eigenvalue weighted by molar-refractivity contribution is 4.62. The molecule has 0 aromatic rings. The minimum absolute atomic E-state index is 0.469. The average Bonchev–Trinajstić information content (AvgIpc) is 2.39. The molecule has 0 bridgehead atoms. The first-order valence-corrected chi connectivity index (χ1v) is 8.30. The molecule has 0 fully saturated rings. The zero-order valence-electron chi connectivity index (χ0n) is 12.8. The maximum absolute atomic E-state index is 8.83. The van der Waals surface area contributed by atoms with Crippen LogP contribution < -0.4 is 5.73 Å². The molecule has 0 aromatic carbocycles. The van der Waals surface area contributed by atoms with Gasteiger partial charge in [0.1, 0.15) is 0 Å². The lowest BCUT2D eigenvalue weighted by Gasteiger charge is -2.12. The van der Waals surface area contributed by atoms with E-state index in [1.54, 1.807) is 0 Å². The van der Waals surface area contributed by atoms with Crippen molar-refractivity contribution >= 4 is 0 Å². The van der Waals surface area contributed by atoms with Gasteiger partial charge in [0.15, 0.2) is 6.29 Å². The molecule has 0 heterocycles. The molecule has 3 nitrogen and oxygen atoms in total. The lowest BCUT2D eigenvalue weighted by Crippen LogP contribution is -2.34. The summed E-state index contributed by atoms with van der Waals surface area (Å²) in [4.78, 5) is 0. The molecular formula is C16H35NO2. The van der Waals surface area contributed by atoms with Crippen LogP contribution in [0.3, 0.4) is 0 Å². The van der Waals surface area contributed by atoms with Crippen LogP contribution in [0.1, 0.15) is 90.4 Å². The van der Waals surface area contributed by atoms with Gasteiger partial charge in [0.25, 0.3) is 0 Å². The predicted octanol–water partition coefficient (Wildman–Crippen LogP) is 3.72. The van der Waals surface area contributed by atoms with Gasteiger partial charge in [-0.15, -0.1) is 0 Å². The van der Waals surface area contributed by atoms with Gasteiger partial charge in [-0.25, -0.2) is 0 Å². The van der Waals surface area contributed by atoms with Crippen LogP contribution in [-0.4, -0.2) is 22.5 Å². The van der Waals surface area contributed by atoms with Gasteiger partial charge in [0, 0.05) is 0 Å². The maximum atomic E-state index is 8.83. The van der Waals surface area contributed by atoms with Gasteiger partial charge in [-0.3, -0.25) is 0 Å². The summed E-state index contributed by atoms with van der Waals surface area (Å²) in [7, 11) is 0. The summed E-state index contributed by atoms with van der Waals surface area (Å²) in [6, 6.07) is -0.469. The van der Waals surface area contributed by atoms with Crippen LogP contribution in [0, 0.1) is 0 Å². The number of hydrogen-bond donors (Lipinski definition) is 3. The molecule has 4 N–H and O–H groups in total. The summed E-state index contributed by atoms with van der Waals surface area (Å²) in [5.41, 5.74) is 5.55. The van der Waals surface area contributed by atoms with Crippen molar-refractivity contribution in [2.24, 2.45) is 5.73 Å². The molecule has 1 unspecified atom stereocenters. The summed E-state index contributed by atoms with van der Waals surface area (Å²) in [6.07, 6.45) is 15.2. The second-order valence-corrected chi connectivity index (χ2v) is 5.76. The number of unbranched alkanes of at least 4 members (excludes halogenated alkanes) is 11. The lowest BCUT2D eigenvalue weighted by molar-refractivity contribution is -0.0599. The minimum Gasteiger partial charge on any atom is -0.367 e. The van der Waals surface area contributed by atoms with Crippen LogP contribution in [0.5, 0.6) is 0 Å². The zero-order valence-corrected chi connectivity index (χ0v) is 12.8. The molecule has 0 rings (SSSR count). The second kappa shape index (κ2) is 14.3. The van der Waals surface area contributed by atoms with E-state index in [1.165, 1.54) is 64.2 Å². The van der Waals surface area contributed by atoms with Gasteiger partial charge in [-0.05, 0) is 6.42 Å². The largest absolute Gasteiger partial charge is 0.367 e. The van der Waals surface area contributed by atoms with E-state index in [-0.39, 0.29) is 0 Å². The van der Waals surface area contributed by atoms with Crippen molar-refractivity contribution in [3.8, 4) is 0 Å². The van der Waals surface area contributed by atoms with Crippen LogP contribution in [0.15, 0.2) is 0 Å². The highest BCUT2D eigenvalue weighted by atomic mass is 16.5. The molecule has 0 saturated carbocycles. The van der Waals surface area contributed by atoms with Crippen LogP contribution in [-0.2, 0) is 0 Å². The molecule has 1 atom stereocenters. The topological polar surface area (TPSA) is 66.5 Å². The van der Waals surface area contributed by atoms with E-state index in [4.69, 9.17) is 15.9 Å². The minimum atomic E-state index is -1.35. The Balaban J connectivity index is 3.03. The van der Waals surface area contributed by atoms with Crippen molar-refractivity contribution in [1.29, 1.82) is 0 Å². The van der Waals surface area contributed by atoms with Gasteiger partial charge >= 0.3 is 0 Å². The molecule has 0 radical (unpaired) electrons. The van der Waals surface area contributed by atoms with Gasteiger partial charge in [0.05, 0.1) is 6.04 Å². The first-order chi connectivity index (χ1) is 9.18. The second-order valence-electron chi connectivity index (χ2n) is 5.76. The smallest absolute Gasteiger partial charge is 0.166 e. The van der Waals surface area contributed by atoms with E-state index < -0.39 is 12.3 Å². The summed E-state index contributed by atoms with van der Waals surface area (Å²) < 4.78 is 0. The molecule has 0 aliphatic rings. The Labute approximate surface area is 119 Å². The molecule has 0 amide bonds. The van der Waals surface area contributed by atoms with Gasteiger partial charge in [-0.2, -0.15) is 0 Å². The molecule has 0 spiro atoms. The molecular weight excluding hydrogens is 238 g/mol. The Morgan fingerprint density at radius 3 is 1.42 bits per heavy atom. The van der Waals surface area contributed by atoms with Gasteiger partial charge < -0.3 is 15.9 Å². The molecule has 0 saturated heterocycles. The number of nitrogens with two attached hydrogens (primary N) is 1. The molecule has 116 valence electrons. The van der Waals surface area contributed by atoms with Crippen molar-refractivity contribution in [1.82, 2.24) is 0 Å². The van der Waals surface area contributed by atoms with E-state index in [9.17, 15) is 0 Å². The Morgan fingerprint density at radius 2 is 1.05 bits per heavy atom. The van der Waals surface area contributed by atoms with Gasteiger partial charge in [0.2, 0.25) is 0 Å². The summed E-state index contributed by atoms with van der Waals surface area (Å²) in [5, 5.41) is 17.7. The average molecular weight is 273 g/mol. The predicted molar refractivity (Wildman–Crippen MR) is 81.9 cm³/mol. The van der Waals surface area contributed by atoms with Crippen LogP contribution >= 0.6 is 0 Å². The highest BCUT2D eigenvalue weighted by Gasteiger charge is 2.09. The van der Waals surface area contributed by atoms with Crippen molar-refractivity contribution in [3.05, 3.63) is 0 Å². The standard InChI is InChI=1S/C16H35NO2/c1-2-3-4-5-6-7-8-9-10-11-12-13-14-15(17)16(18)19/h15-16,18-19H,2-14,17H2,1H3. The fourth-order valence-electron chi connectivity index (χ4n) is 2.37. The van der Waals surface area contributed by atoms with E-state index in [2.05, 4.69) is 6.92 Å². The maximum Gasteiger partial charge on any atom is 0.166 e. The normalized spacial score (nSPS) is 13.1. The summed E-state index contributed by atoms with van der Waals surface area (Å²) >= 11 is 0. The Kier molecular flexibility index (Phi) is 14.2. The Hall–Kier alpha value is -0.120. The third-order valence-corrected chi connectivity index (χ3v) is 3.77. The van der Waals surface area contributed by atoms with Crippen LogP contribution in [0.25, 0.3) is 0 Å². The Bertz CT molecular complexity index is 174.